The van der Waals surface area contributed by atoms with Crippen LogP contribution in [0.1, 0.15) is 67.6 Å². The fourth-order valence-corrected chi connectivity index (χ4v) is 5.76. The minimum Gasteiger partial charge on any atom is -0.357 e. The normalized spacial score (nSPS) is 21.6. The number of nitrogens with zero attached hydrogens (tertiary/aromatic N) is 1. The van der Waals surface area contributed by atoms with Crippen molar-refractivity contribution in [2.45, 2.75) is 58.0 Å². The Labute approximate surface area is 215 Å². The van der Waals surface area contributed by atoms with Gasteiger partial charge >= 0.3 is 0 Å². The van der Waals surface area contributed by atoms with Gasteiger partial charge in [0.2, 0.25) is 0 Å². The number of rotatable bonds is 6. The molecular formula is C30H33F4N3. The van der Waals surface area contributed by atoms with Gasteiger partial charge in [0.15, 0.2) is 0 Å². The number of H-pyrrole nitrogens is 1. The molecule has 2 aliphatic heterocycles. The second-order valence-electron chi connectivity index (χ2n) is 10.6. The van der Waals surface area contributed by atoms with Gasteiger partial charge in [-0.05, 0) is 73.2 Å². The highest BCUT2D eigenvalue weighted by molar-refractivity contribution is 5.88. The van der Waals surface area contributed by atoms with Gasteiger partial charge in [-0.3, -0.25) is 4.90 Å². The standard InChI is InChI=1S/C30H33F4N3/c1-5-17(2)21-6-7-22-23-10-18(3)37(16-30(4,33)34)29(28(23)36-26(22)14-21)27-24(31)12-20(13-25(27)32)11-19-8-9-35-15-19/h6-7,11-14,18,29,35-36H,2,5,8-10,15-16H2,1,3-4H3/b19-11-/t18-,29?/m1/s1. The van der Waals surface area contributed by atoms with Crippen LogP contribution in [0.3, 0.4) is 0 Å². The summed E-state index contributed by atoms with van der Waals surface area (Å²) in [5, 5.41) is 4.16. The first kappa shape index (κ1) is 25.7. The van der Waals surface area contributed by atoms with Gasteiger partial charge in [-0.1, -0.05) is 37.3 Å². The summed E-state index contributed by atoms with van der Waals surface area (Å²) < 4.78 is 60.2. The lowest BCUT2D eigenvalue weighted by Gasteiger charge is -2.42. The number of aromatic nitrogens is 1. The van der Waals surface area contributed by atoms with Gasteiger partial charge in [0.25, 0.3) is 5.92 Å². The summed E-state index contributed by atoms with van der Waals surface area (Å²) >= 11 is 0. The molecule has 2 atom stereocenters. The van der Waals surface area contributed by atoms with E-state index in [1.807, 2.05) is 32.0 Å². The fraction of sp³-hybridized carbons (Fsp3) is 0.400. The molecule has 1 aromatic heterocycles. The number of benzene rings is 2. The fourth-order valence-electron chi connectivity index (χ4n) is 5.76. The van der Waals surface area contributed by atoms with E-state index < -0.39 is 30.1 Å². The van der Waals surface area contributed by atoms with Gasteiger partial charge in [-0.2, -0.15) is 0 Å². The summed E-state index contributed by atoms with van der Waals surface area (Å²) in [5.74, 6) is -4.49. The number of hydrogen-bond acceptors (Lipinski definition) is 2. The molecule has 3 aromatic rings. The van der Waals surface area contributed by atoms with Crippen molar-refractivity contribution in [2.24, 2.45) is 0 Å². The second-order valence-corrected chi connectivity index (χ2v) is 10.6. The number of allylic oxidation sites excluding steroid dienone is 1. The van der Waals surface area contributed by atoms with Crippen LogP contribution in [0.15, 0.2) is 42.5 Å². The number of fused-ring (bicyclic) bond motifs is 3. The minimum atomic E-state index is -3.03. The molecule has 196 valence electrons. The number of hydrogen-bond donors (Lipinski definition) is 2. The number of alkyl halides is 2. The second kappa shape index (κ2) is 9.76. The first-order chi connectivity index (χ1) is 17.6. The van der Waals surface area contributed by atoms with Crippen molar-refractivity contribution in [2.75, 3.05) is 19.6 Å². The molecule has 2 aromatic carbocycles. The Morgan fingerprint density at radius 3 is 2.54 bits per heavy atom. The van der Waals surface area contributed by atoms with Gasteiger partial charge in [0.05, 0.1) is 12.6 Å². The monoisotopic (exact) mass is 511 g/mol. The SMILES string of the molecule is C=C(CC)c1ccc2c3c([nH]c2c1)C(c1c(F)cc(/C=C2/CCNC2)cc1F)N(CC(C)(F)F)[C@H](C)C3. The molecule has 3 nitrogen and oxygen atoms in total. The van der Waals surface area contributed by atoms with Crippen molar-refractivity contribution in [3.8, 4) is 0 Å². The van der Waals surface area contributed by atoms with Crippen LogP contribution in [0.25, 0.3) is 22.6 Å². The summed E-state index contributed by atoms with van der Waals surface area (Å²) in [6.45, 7) is 9.75. The Bertz CT molecular complexity index is 1350. The van der Waals surface area contributed by atoms with E-state index in [2.05, 4.69) is 16.9 Å². The van der Waals surface area contributed by atoms with Crippen LogP contribution in [0.4, 0.5) is 17.6 Å². The quantitative estimate of drug-likeness (QED) is 0.342. The number of aromatic amines is 1. The largest absolute Gasteiger partial charge is 0.357 e. The highest BCUT2D eigenvalue weighted by Crippen LogP contribution is 2.44. The van der Waals surface area contributed by atoms with Crippen LogP contribution < -0.4 is 5.32 Å². The summed E-state index contributed by atoms with van der Waals surface area (Å²) in [7, 11) is 0. The first-order valence-electron chi connectivity index (χ1n) is 12.9. The Kier molecular flexibility index (Phi) is 6.79. The van der Waals surface area contributed by atoms with E-state index in [-0.39, 0.29) is 11.6 Å². The highest BCUT2D eigenvalue weighted by Gasteiger charge is 2.42. The lowest BCUT2D eigenvalue weighted by Crippen LogP contribution is -2.47. The van der Waals surface area contributed by atoms with E-state index in [4.69, 9.17) is 0 Å². The maximum Gasteiger partial charge on any atom is 0.257 e. The van der Waals surface area contributed by atoms with Crippen LogP contribution in [0.2, 0.25) is 0 Å². The van der Waals surface area contributed by atoms with E-state index in [1.54, 1.807) is 6.08 Å². The van der Waals surface area contributed by atoms with Crippen LogP contribution >= 0.6 is 0 Å². The van der Waals surface area contributed by atoms with E-state index in [1.165, 1.54) is 17.0 Å². The van der Waals surface area contributed by atoms with Gasteiger partial charge < -0.3 is 10.3 Å². The molecule has 2 aliphatic rings. The maximum absolute atomic E-state index is 15.7. The average molecular weight is 512 g/mol. The van der Waals surface area contributed by atoms with E-state index in [9.17, 15) is 8.78 Å². The van der Waals surface area contributed by atoms with Crippen molar-refractivity contribution in [3.63, 3.8) is 0 Å². The van der Waals surface area contributed by atoms with Crippen LogP contribution in [-0.4, -0.2) is 41.5 Å². The van der Waals surface area contributed by atoms with Crippen LogP contribution in [-0.2, 0) is 6.42 Å². The molecule has 3 heterocycles. The first-order valence-corrected chi connectivity index (χ1v) is 12.9. The molecule has 0 radical (unpaired) electrons. The van der Waals surface area contributed by atoms with Gasteiger partial charge in [-0.15, -0.1) is 0 Å². The van der Waals surface area contributed by atoms with Crippen molar-refractivity contribution < 1.29 is 17.6 Å². The summed E-state index contributed by atoms with van der Waals surface area (Å²) in [4.78, 5) is 4.90. The lowest BCUT2D eigenvalue weighted by atomic mass is 9.87. The lowest BCUT2D eigenvalue weighted by molar-refractivity contribution is -0.0374. The molecule has 0 aliphatic carbocycles. The van der Waals surface area contributed by atoms with Crippen LogP contribution in [0, 0.1) is 11.6 Å². The molecule has 5 rings (SSSR count). The third-order valence-electron chi connectivity index (χ3n) is 7.63. The molecule has 2 N–H and O–H groups in total. The zero-order chi connectivity index (χ0) is 26.5. The van der Waals surface area contributed by atoms with Crippen molar-refractivity contribution in [1.29, 1.82) is 0 Å². The smallest absolute Gasteiger partial charge is 0.257 e. The predicted octanol–water partition coefficient (Wildman–Crippen LogP) is 7.24. The summed E-state index contributed by atoms with van der Waals surface area (Å²) in [6.07, 6.45) is 3.92. The Morgan fingerprint density at radius 2 is 1.92 bits per heavy atom. The van der Waals surface area contributed by atoms with Crippen LogP contribution in [0.5, 0.6) is 0 Å². The number of nitrogens with one attached hydrogen (secondary N) is 2. The molecule has 0 bridgehead atoms. The van der Waals surface area contributed by atoms with Gasteiger partial charge in [-0.25, -0.2) is 17.6 Å². The molecule has 0 spiro atoms. The van der Waals surface area contributed by atoms with Crippen molar-refractivity contribution >= 4 is 22.6 Å². The third kappa shape index (κ3) is 4.99. The zero-order valence-electron chi connectivity index (χ0n) is 21.5. The molecule has 1 saturated heterocycles. The van der Waals surface area contributed by atoms with E-state index >= 15 is 8.78 Å². The van der Waals surface area contributed by atoms with Gasteiger partial charge in [0.1, 0.15) is 11.6 Å². The van der Waals surface area contributed by atoms with Gasteiger partial charge in [0, 0.05) is 41.7 Å². The molecule has 0 saturated carbocycles. The topological polar surface area (TPSA) is 31.1 Å². The average Bonchev–Trinajstić information content (AvgIpc) is 3.46. The van der Waals surface area contributed by atoms with Crippen molar-refractivity contribution in [1.82, 2.24) is 15.2 Å². The maximum atomic E-state index is 15.7. The Balaban J connectivity index is 1.67. The molecule has 7 heteroatoms. The Morgan fingerprint density at radius 1 is 1.19 bits per heavy atom. The zero-order valence-corrected chi connectivity index (χ0v) is 21.5. The van der Waals surface area contributed by atoms with E-state index in [0.717, 1.165) is 59.5 Å². The summed E-state index contributed by atoms with van der Waals surface area (Å²) in [6, 6.07) is 7.25. The minimum absolute atomic E-state index is 0.200. The van der Waals surface area contributed by atoms with Crippen molar-refractivity contribution in [3.05, 3.63) is 82.1 Å². The van der Waals surface area contributed by atoms with E-state index in [0.29, 0.717) is 24.2 Å². The molecule has 0 amide bonds. The summed E-state index contributed by atoms with van der Waals surface area (Å²) in [5.41, 5.74) is 5.57. The predicted molar refractivity (Wildman–Crippen MR) is 142 cm³/mol. The molecule has 37 heavy (non-hydrogen) atoms. The molecular weight excluding hydrogens is 478 g/mol. The Hall–Kier alpha value is -2.90. The third-order valence-corrected chi connectivity index (χ3v) is 7.63. The molecule has 1 fully saturated rings. The molecule has 1 unspecified atom stereocenters. The highest BCUT2D eigenvalue weighted by atomic mass is 19.3. The number of halogens is 4.